The van der Waals surface area contributed by atoms with E-state index >= 15 is 0 Å². The monoisotopic (exact) mass is 804 g/mol. The molecule has 11 aromatic carbocycles. The zero-order chi connectivity index (χ0) is 41.7. The Bertz CT molecular complexity index is 3470. The molecule has 4 heteroatoms. The van der Waals surface area contributed by atoms with Gasteiger partial charge in [-0.1, -0.05) is 146 Å². The zero-order valence-electron chi connectivity index (χ0n) is 34.4. The Morgan fingerprint density at radius 1 is 0.302 bits per heavy atom. The van der Waals surface area contributed by atoms with E-state index < -0.39 is 0 Å². The molecule has 0 bridgehead atoms. The first kappa shape index (κ1) is 36.4. The van der Waals surface area contributed by atoms with E-state index in [1.165, 1.54) is 32.3 Å². The van der Waals surface area contributed by atoms with Gasteiger partial charge in [0.25, 0.3) is 0 Å². The molecule has 0 atom stereocenters. The SMILES string of the molecule is c1ccc(N(c2ccccc2)c2ccc(-c3ccc(N(c4ccccc4)c4ccc(-c5nc6c7cccc8ccc9cccc(c9c87)c6n5-c5ccccc5)cc4)cc3)cc2)cc1. The molecule has 4 nitrogen and oxygen atoms in total. The average Bonchev–Trinajstić information content (AvgIpc) is 3.77. The third-order valence-electron chi connectivity index (χ3n) is 12.3. The van der Waals surface area contributed by atoms with Crippen LogP contribution in [0.25, 0.3) is 71.6 Å². The molecule has 12 rings (SSSR count). The number of aromatic nitrogens is 2. The van der Waals surface area contributed by atoms with Crippen LogP contribution in [0.2, 0.25) is 0 Å². The third kappa shape index (κ3) is 6.27. The van der Waals surface area contributed by atoms with Crippen LogP contribution in [0.3, 0.4) is 0 Å². The summed E-state index contributed by atoms with van der Waals surface area (Å²) in [5.41, 5.74) is 13.2. The summed E-state index contributed by atoms with van der Waals surface area (Å²) in [6.45, 7) is 0. The van der Waals surface area contributed by atoms with Crippen LogP contribution in [0.4, 0.5) is 34.1 Å². The minimum Gasteiger partial charge on any atom is -0.311 e. The minimum atomic E-state index is 0.914. The van der Waals surface area contributed by atoms with Crippen LogP contribution in [-0.2, 0) is 0 Å². The van der Waals surface area contributed by atoms with Crippen molar-refractivity contribution in [3.8, 4) is 28.2 Å². The highest BCUT2D eigenvalue weighted by Crippen LogP contribution is 2.44. The third-order valence-corrected chi connectivity index (χ3v) is 12.3. The summed E-state index contributed by atoms with van der Waals surface area (Å²) in [4.78, 5) is 10.1. The second-order valence-corrected chi connectivity index (χ2v) is 16.0. The first-order valence-electron chi connectivity index (χ1n) is 21.5. The lowest BCUT2D eigenvalue weighted by atomic mass is 9.93. The summed E-state index contributed by atoms with van der Waals surface area (Å²) in [7, 11) is 0. The number of anilines is 6. The van der Waals surface area contributed by atoms with E-state index in [-0.39, 0.29) is 0 Å². The molecule has 0 amide bonds. The van der Waals surface area contributed by atoms with Crippen LogP contribution < -0.4 is 9.80 Å². The normalized spacial score (nSPS) is 11.5. The van der Waals surface area contributed by atoms with E-state index in [1.807, 2.05) is 0 Å². The zero-order valence-corrected chi connectivity index (χ0v) is 34.4. The molecule has 0 saturated carbocycles. The van der Waals surface area contributed by atoms with Gasteiger partial charge in [0.1, 0.15) is 5.82 Å². The maximum Gasteiger partial charge on any atom is 0.145 e. The standard InChI is InChI=1S/C59H40N4/c1-5-17-46(18-6-1)61(47-19-7-2-8-20-47)50-35-29-41(30-36-50)42-31-37-51(38-32-42)62(48-21-9-3-10-22-48)52-39-33-45(34-40-52)59-60-57-53-25-13-15-43-27-28-44-16-14-26-54(56(44)55(43)53)58(57)63(59)49-23-11-4-12-24-49/h1-40H. The van der Waals surface area contributed by atoms with Crippen LogP contribution in [-0.4, -0.2) is 9.55 Å². The summed E-state index contributed by atoms with van der Waals surface area (Å²) in [5, 5.41) is 7.43. The molecule has 0 aliphatic heterocycles. The van der Waals surface area contributed by atoms with Gasteiger partial charge in [0, 0.05) is 56.1 Å². The quantitative estimate of drug-likeness (QED) is 0.136. The highest BCUT2D eigenvalue weighted by Gasteiger charge is 2.22. The Morgan fingerprint density at radius 3 is 1.14 bits per heavy atom. The van der Waals surface area contributed by atoms with Crippen LogP contribution >= 0.6 is 0 Å². The van der Waals surface area contributed by atoms with E-state index in [0.717, 1.165) is 73.4 Å². The molecule has 296 valence electrons. The summed E-state index contributed by atoms with van der Waals surface area (Å²) < 4.78 is 2.36. The van der Waals surface area contributed by atoms with Crippen molar-refractivity contribution in [3.63, 3.8) is 0 Å². The Labute approximate surface area is 366 Å². The molecule has 63 heavy (non-hydrogen) atoms. The second kappa shape index (κ2) is 15.2. The fourth-order valence-corrected chi connectivity index (χ4v) is 9.42. The van der Waals surface area contributed by atoms with Gasteiger partial charge >= 0.3 is 0 Å². The van der Waals surface area contributed by atoms with Gasteiger partial charge < -0.3 is 9.80 Å². The molecular formula is C59H40N4. The predicted molar refractivity (Wildman–Crippen MR) is 265 cm³/mol. The van der Waals surface area contributed by atoms with E-state index in [9.17, 15) is 0 Å². The van der Waals surface area contributed by atoms with Gasteiger partial charge in [-0.15, -0.1) is 0 Å². The largest absolute Gasteiger partial charge is 0.311 e. The average molecular weight is 805 g/mol. The van der Waals surface area contributed by atoms with Crippen molar-refractivity contribution in [2.45, 2.75) is 0 Å². The molecule has 0 saturated heterocycles. The number of hydrogen-bond donors (Lipinski definition) is 0. The number of para-hydroxylation sites is 4. The Morgan fingerprint density at radius 2 is 0.683 bits per heavy atom. The lowest BCUT2D eigenvalue weighted by Crippen LogP contribution is -2.10. The number of hydrogen-bond acceptors (Lipinski definition) is 3. The number of benzene rings is 11. The van der Waals surface area contributed by atoms with Crippen molar-refractivity contribution in [2.75, 3.05) is 9.80 Å². The number of nitrogens with zero attached hydrogens (tertiary/aromatic N) is 4. The topological polar surface area (TPSA) is 24.3 Å². The van der Waals surface area contributed by atoms with Gasteiger partial charge in [0.05, 0.1) is 11.0 Å². The first-order valence-corrected chi connectivity index (χ1v) is 21.5. The van der Waals surface area contributed by atoms with Crippen LogP contribution in [0, 0.1) is 0 Å². The Kier molecular flexibility index (Phi) is 8.79. The molecule has 1 aromatic heterocycles. The molecule has 0 radical (unpaired) electrons. The van der Waals surface area contributed by atoms with Crippen molar-refractivity contribution < 1.29 is 0 Å². The molecule has 0 fully saturated rings. The molecular weight excluding hydrogens is 765 g/mol. The minimum absolute atomic E-state index is 0.914. The maximum atomic E-state index is 5.53. The summed E-state index contributed by atoms with van der Waals surface area (Å²) in [5.74, 6) is 0.914. The van der Waals surface area contributed by atoms with Gasteiger partial charge in [-0.05, 0) is 130 Å². The fourth-order valence-electron chi connectivity index (χ4n) is 9.42. The van der Waals surface area contributed by atoms with Crippen molar-refractivity contribution >= 4 is 77.5 Å². The second-order valence-electron chi connectivity index (χ2n) is 16.0. The number of rotatable bonds is 9. The van der Waals surface area contributed by atoms with Crippen molar-refractivity contribution in [3.05, 3.63) is 243 Å². The van der Waals surface area contributed by atoms with Gasteiger partial charge in [0.15, 0.2) is 0 Å². The van der Waals surface area contributed by atoms with E-state index in [4.69, 9.17) is 4.98 Å². The predicted octanol–water partition coefficient (Wildman–Crippen LogP) is 16.2. The molecule has 12 aromatic rings. The molecule has 0 aliphatic carbocycles. The molecule has 0 spiro atoms. The summed E-state index contributed by atoms with van der Waals surface area (Å²) >= 11 is 0. The number of imidazole rings is 1. The Hall–Kier alpha value is -8.47. The van der Waals surface area contributed by atoms with Gasteiger partial charge in [-0.3, -0.25) is 4.57 Å². The van der Waals surface area contributed by atoms with Crippen LogP contribution in [0.15, 0.2) is 243 Å². The number of fused-ring (bicyclic) bond motifs is 3. The van der Waals surface area contributed by atoms with Gasteiger partial charge in [0.2, 0.25) is 0 Å². The lowest BCUT2D eigenvalue weighted by molar-refractivity contribution is 1.11. The van der Waals surface area contributed by atoms with Crippen molar-refractivity contribution in [1.29, 1.82) is 0 Å². The van der Waals surface area contributed by atoms with Crippen molar-refractivity contribution in [2.24, 2.45) is 0 Å². The van der Waals surface area contributed by atoms with Gasteiger partial charge in [-0.2, -0.15) is 0 Å². The van der Waals surface area contributed by atoms with E-state index in [0.29, 0.717) is 0 Å². The first-order chi connectivity index (χ1) is 31.3. The molecule has 0 unspecified atom stereocenters. The van der Waals surface area contributed by atoms with Crippen LogP contribution in [0.1, 0.15) is 0 Å². The van der Waals surface area contributed by atoms with Gasteiger partial charge in [-0.25, -0.2) is 4.98 Å². The lowest BCUT2D eigenvalue weighted by Gasteiger charge is -2.26. The maximum absolute atomic E-state index is 5.53. The van der Waals surface area contributed by atoms with Crippen molar-refractivity contribution in [1.82, 2.24) is 9.55 Å². The molecule has 0 aliphatic rings. The van der Waals surface area contributed by atoms with E-state index in [2.05, 4.69) is 257 Å². The highest BCUT2D eigenvalue weighted by atomic mass is 15.1. The highest BCUT2D eigenvalue weighted by molar-refractivity contribution is 6.32. The summed E-state index contributed by atoms with van der Waals surface area (Å²) in [6, 6.07) is 86.7. The molecule has 0 N–H and O–H groups in total. The smallest absolute Gasteiger partial charge is 0.145 e. The fraction of sp³-hybridized carbons (Fsp3) is 0. The van der Waals surface area contributed by atoms with Crippen LogP contribution in [0.5, 0.6) is 0 Å². The van der Waals surface area contributed by atoms with E-state index in [1.54, 1.807) is 0 Å². The molecule has 1 heterocycles. The summed E-state index contributed by atoms with van der Waals surface area (Å²) in [6.07, 6.45) is 0. The Balaban J connectivity index is 0.924.